The minimum atomic E-state index is -0.612. The van der Waals surface area contributed by atoms with E-state index in [-0.39, 0.29) is 11.3 Å². The molecule has 0 aromatic heterocycles. The third-order valence-corrected chi connectivity index (χ3v) is 4.85. The number of carbonyl (C=O) groups excluding carboxylic acids is 2. The summed E-state index contributed by atoms with van der Waals surface area (Å²) in [4.78, 5) is 24.7. The van der Waals surface area contributed by atoms with Crippen molar-refractivity contribution in [3.63, 3.8) is 0 Å². The summed E-state index contributed by atoms with van der Waals surface area (Å²) in [6.07, 6.45) is 0. The Morgan fingerprint density at radius 2 is 1.83 bits per heavy atom. The van der Waals surface area contributed by atoms with Gasteiger partial charge in [0.05, 0.1) is 15.8 Å². The lowest BCUT2D eigenvalue weighted by Crippen LogP contribution is -2.44. The second-order valence-electron chi connectivity index (χ2n) is 4.80. The summed E-state index contributed by atoms with van der Waals surface area (Å²) in [6.45, 7) is 1.67. The van der Waals surface area contributed by atoms with Crippen LogP contribution in [0.1, 0.15) is 17.3 Å². The lowest BCUT2D eigenvalue weighted by atomic mass is 10.2. The maximum atomic E-state index is 12.1. The molecular formula is C16H14Cl2N2O3S. The summed E-state index contributed by atoms with van der Waals surface area (Å²) in [5, 5.41) is 10.1. The third-order valence-electron chi connectivity index (χ3n) is 3.01. The van der Waals surface area contributed by atoms with Crippen molar-refractivity contribution < 1.29 is 14.7 Å². The van der Waals surface area contributed by atoms with Gasteiger partial charge in [0.25, 0.3) is 11.8 Å². The molecule has 0 fully saturated rings. The summed E-state index contributed by atoms with van der Waals surface area (Å²) in [5.74, 6) is -1.20. The van der Waals surface area contributed by atoms with Crippen LogP contribution in [0.3, 0.4) is 0 Å². The number of thioether (sulfide) groups is 1. The van der Waals surface area contributed by atoms with Crippen molar-refractivity contribution in [2.45, 2.75) is 17.1 Å². The van der Waals surface area contributed by atoms with Crippen molar-refractivity contribution >= 4 is 46.8 Å². The van der Waals surface area contributed by atoms with E-state index >= 15 is 0 Å². The van der Waals surface area contributed by atoms with E-state index in [1.165, 1.54) is 23.9 Å². The van der Waals surface area contributed by atoms with Gasteiger partial charge in [-0.05, 0) is 37.3 Å². The number of amides is 2. The summed E-state index contributed by atoms with van der Waals surface area (Å²) in [6, 6.07) is 11.0. The van der Waals surface area contributed by atoms with Crippen LogP contribution in [-0.4, -0.2) is 22.2 Å². The predicted octanol–water partition coefficient (Wildman–Crippen LogP) is 3.64. The fourth-order valence-electron chi connectivity index (χ4n) is 1.76. The van der Waals surface area contributed by atoms with Gasteiger partial charge in [-0.2, -0.15) is 0 Å². The number of hydrogen-bond donors (Lipinski definition) is 3. The molecule has 0 bridgehead atoms. The molecule has 2 aromatic rings. The monoisotopic (exact) mass is 384 g/mol. The molecule has 0 aliphatic rings. The van der Waals surface area contributed by atoms with E-state index in [2.05, 4.69) is 10.9 Å². The number of rotatable bonds is 4. The summed E-state index contributed by atoms with van der Waals surface area (Å²) in [7, 11) is 0. The first-order chi connectivity index (χ1) is 11.4. The van der Waals surface area contributed by atoms with Crippen LogP contribution in [0.4, 0.5) is 0 Å². The smallest absolute Gasteiger partial charge is 0.273 e. The van der Waals surface area contributed by atoms with Gasteiger partial charge in [-0.25, -0.2) is 0 Å². The molecule has 0 aliphatic carbocycles. The Balaban J connectivity index is 1.93. The highest BCUT2D eigenvalue weighted by atomic mass is 35.5. The predicted molar refractivity (Wildman–Crippen MR) is 95.5 cm³/mol. The Labute approximate surface area is 153 Å². The molecule has 2 amide bonds. The van der Waals surface area contributed by atoms with Gasteiger partial charge in [-0.15, -0.1) is 11.8 Å². The molecule has 8 heteroatoms. The Bertz CT molecular complexity index is 771. The molecule has 1 unspecified atom stereocenters. The maximum Gasteiger partial charge on any atom is 0.273 e. The van der Waals surface area contributed by atoms with Crippen LogP contribution in [-0.2, 0) is 4.79 Å². The van der Waals surface area contributed by atoms with Gasteiger partial charge in [0.1, 0.15) is 5.75 Å². The van der Waals surface area contributed by atoms with Gasteiger partial charge >= 0.3 is 0 Å². The molecule has 5 nitrogen and oxygen atoms in total. The zero-order valence-corrected chi connectivity index (χ0v) is 14.9. The minimum absolute atomic E-state index is 0.0657. The fraction of sp³-hybridized carbons (Fsp3) is 0.125. The number of para-hydroxylation sites is 1. The van der Waals surface area contributed by atoms with E-state index in [1.54, 1.807) is 37.3 Å². The molecule has 0 heterocycles. The van der Waals surface area contributed by atoms with Crippen LogP contribution < -0.4 is 10.9 Å². The number of phenols is 1. The molecule has 2 rings (SSSR count). The maximum absolute atomic E-state index is 12.1. The topological polar surface area (TPSA) is 78.4 Å². The van der Waals surface area contributed by atoms with Gasteiger partial charge in [0, 0.05) is 9.92 Å². The van der Waals surface area contributed by atoms with Gasteiger partial charge in [-0.3, -0.25) is 20.4 Å². The summed E-state index contributed by atoms with van der Waals surface area (Å²) in [5.41, 5.74) is 4.64. The van der Waals surface area contributed by atoms with Gasteiger partial charge in [-0.1, -0.05) is 35.3 Å². The number of aromatic hydroxyl groups is 1. The number of halogens is 2. The van der Waals surface area contributed by atoms with Crippen molar-refractivity contribution in [3.05, 3.63) is 58.1 Å². The van der Waals surface area contributed by atoms with E-state index in [1.807, 2.05) is 0 Å². The van der Waals surface area contributed by atoms with Crippen molar-refractivity contribution in [2.75, 3.05) is 0 Å². The number of benzene rings is 2. The number of carbonyl (C=O) groups is 2. The van der Waals surface area contributed by atoms with Crippen molar-refractivity contribution in [1.29, 1.82) is 0 Å². The highest BCUT2D eigenvalue weighted by molar-refractivity contribution is 8.00. The quantitative estimate of drug-likeness (QED) is 0.555. The van der Waals surface area contributed by atoms with E-state index < -0.39 is 17.1 Å². The lowest BCUT2D eigenvalue weighted by molar-refractivity contribution is -0.121. The zero-order valence-electron chi connectivity index (χ0n) is 12.5. The number of hydrazine groups is 1. The van der Waals surface area contributed by atoms with E-state index in [9.17, 15) is 14.7 Å². The summed E-state index contributed by atoms with van der Waals surface area (Å²) >= 11 is 13.2. The molecule has 0 saturated carbocycles. The first kappa shape index (κ1) is 18.4. The van der Waals surface area contributed by atoms with E-state index in [0.717, 1.165) is 0 Å². The molecule has 2 aromatic carbocycles. The highest BCUT2D eigenvalue weighted by Gasteiger charge is 2.18. The zero-order chi connectivity index (χ0) is 17.7. The highest BCUT2D eigenvalue weighted by Crippen LogP contribution is 2.32. The lowest BCUT2D eigenvalue weighted by Gasteiger charge is -2.14. The molecular weight excluding hydrogens is 371 g/mol. The molecule has 0 saturated heterocycles. The first-order valence-corrected chi connectivity index (χ1v) is 8.52. The Hall–Kier alpha value is -1.89. The van der Waals surface area contributed by atoms with E-state index in [4.69, 9.17) is 23.2 Å². The molecule has 0 spiro atoms. The first-order valence-electron chi connectivity index (χ1n) is 6.88. The van der Waals surface area contributed by atoms with Crippen molar-refractivity contribution in [3.8, 4) is 5.75 Å². The Morgan fingerprint density at radius 1 is 1.12 bits per heavy atom. The molecule has 0 radical (unpaired) electrons. The fourth-order valence-corrected chi connectivity index (χ4v) is 3.17. The van der Waals surface area contributed by atoms with Crippen LogP contribution in [0.2, 0.25) is 10.0 Å². The van der Waals surface area contributed by atoms with Gasteiger partial charge < -0.3 is 5.11 Å². The molecule has 126 valence electrons. The van der Waals surface area contributed by atoms with Crippen LogP contribution in [0, 0.1) is 0 Å². The largest absolute Gasteiger partial charge is 0.507 e. The summed E-state index contributed by atoms with van der Waals surface area (Å²) < 4.78 is 0. The standard InChI is InChI=1S/C16H14Cl2N2O3S/c1-9(24-14-8-10(17)6-7-12(14)18)15(22)19-20-16(23)11-4-2-3-5-13(11)21/h2-9,21H,1H3,(H,19,22)(H,20,23). The number of nitrogens with one attached hydrogen (secondary N) is 2. The van der Waals surface area contributed by atoms with E-state index in [0.29, 0.717) is 14.9 Å². The van der Waals surface area contributed by atoms with Crippen LogP contribution >= 0.6 is 35.0 Å². The van der Waals surface area contributed by atoms with Crippen molar-refractivity contribution in [2.24, 2.45) is 0 Å². The average Bonchev–Trinajstić information content (AvgIpc) is 2.56. The molecule has 3 N–H and O–H groups in total. The second kappa shape index (κ2) is 8.28. The SMILES string of the molecule is CC(Sc1cc(Cl)ccc1Cl)C(=O)NNC(=O)c1ccccc1O. The van der Waals surface area contributed by atoms with Crippen LogP contribution in [0.25, 0.3) is 0 Å². The van der Waals surface area contributed by atoms with Crippen LogP contribution in [0.5, 0.6) is 5.75 Å². The molecule has 0 aliphatic heterocycles. The normalized spacial score (nSPS) is 11.6. The minimum Gasteiger partial charge on any atom is -0.507 e. The van der Waals surface area contributed by atoms with Crippen molar-refractivity contribution in [1.82, 2.24) is 10.9 Å². The average molecular weight is 385 g/mol. The molecule has 1 atom stereocenters. The Kier molecular flexibility index (Phi) is 6.36. The number of hydrogen-bond acceptors (Lipinski definition) is 4. The van der Waals surface area contributed by atoms with Gasteiger partial charge in [0.2, 0.25) is 0 Å². The number of phenolic OH excluding ortho intramolecular Hbond substituents is 1. The molecule has 24 heavy (non-hydrogen) atoms. The second-order valence-corrected chi connectivity index (χ2v) is 7.02. The Morgan fingerprint density at radius 3 is 2.54 bits per heavy atom. The van der Waals surface area contributed by atoms with Gasteiger partial charge in [0.15, 0.2) is 0 Å². The third kappa shape index (κ3) is 4.80. The van der Waals surface area contributed by atoms with Crippen LogP contribution in [0.15, 0.2) is 47.4 Å².